The number of para-hydroxylation sites is 1. The number of methoxy groups -OCH3 is 1. The number of aromatic hydroxyl groups is 3. The summed E-state index contributed by atoms with van der Waals surface area (Å²) in [5.41, 5.74) is 3.35. The van der Waals surface area contributed by atoms with Crippen LogP contribution >= 0.6 is 0 Å². The molecule has 0 fully saturated rings. The van der Waals surface area contributed by atoms with Crippen LogP contribution in [-0.4, -0.2) is 40.5 Å². The number of hydrogen-bond acceptors (Lipinski definition) is 6. The molecule has 1 aliphatic rings. The molecule has 1 unspecified atom stereocenters. The van der Waals surface area contributed by atoms with Crippen LogP contribution in [0.1, 0.15) is 70.2 Å². The van der Waals surface area contributed by atoms with E-state index in [1.54, 1.807) is 19.2 Å². The molecule has 0 aromatic heterocycles. The molecule has 2 aromatic rings. The summed E-state index contributed by atoms with van der Waals surface area (Å²) < 4.78 is 5.81. The lowest BCUT2D eigenvalue weighted by Crippen LogP contribution is -2.30. The van der Waals surface area contributed by atoms with E-state index >= 15 is 0 Å². The van der Waals surface area contributed by atoms with Crippen LogP contribution in [0.2, 0.25) is 0 Å². The Morgan fingerprint density at radius 2 is 1.81 bits per heavy atom. The molecule has 0 saturated heterocycles. The van der Waals surface area contributed by atoms with Crippen molar-refractivity contribution < 1.29 is 24.9 Å². The Bertz CT molecular complexity index is 1170. The molecular formula is C29H38N2O5. The molecule has 4 N–H and O–H groups in total. The average Bonchev–Trinajstić information content (AvgIpc) is 2.93. The first kappa shape index (κ1) is 27.1. The fourth-order valence-electron chi connectivity index (χ4n) is 4.43. The Hall–Kier alpha value is -3.45. The number of nitrogens with one attached hydrogen (secondary N) is 1. The van der Waals surface area contributed by atoms with Crippen LogP contribution in [0.4, 0.5) is 17.1 Å². The van der Waals surface area contributed by atoms with Crippen molar-refractivity contribution in [1.29, 1.82) is 0 Å². The molecule has 1 atom stereocenters. The summed E-state index contributed by atoms with van der Waals surface area (Å²) in [6.07, 6.45) is 8.91. The van der Waals surface area contributed by atoms with E-state index in [1.807, 2.05) is 13.0 Å². The summed E-state index contributed by atoms with van der Waals surface area (Å²) in [6, 6.07) is 7.33. The number of hydrogen-bond donors (Lipinski definition) is 4. The Labute approximate surface area is 213 Å². The van der Waals surface area contributed by atoms with E-state index in [0.717, 1.165) is 37.7 Å². The first-order chi connectivity index (χ1) is 17.0. The molecule has 1 heterocycles. The highest BCUT2D eigenvalue weighted by Gasteiger charge is 2.30. The number of carbonyl (C=O) groups is 1. The molecule has 194 valence electrons. The lowest BCUT2D eigenvalue weighted by Gasteiger charge is -2.28. The third-order valence-corrected chi connectivity index (χ3v) is 6.76. The molecule has 2 aromatic carbocycles. The van der Waals surface area contributed by atoms with Crippen LogP contribution in [0.25, 0.3) is 0 Å². The highest BCUT2D eigenvalue weighted by atomic mass is 16.5. The predicted molar refractivity (Wildman–Crippen MR) is 145 cm³/mol. The van der Waals surface area contributed by atoms with Crippen molar-refractivity contribution in [2.24, 2.45) is 0 Å². The number of allylic oxidation sites excluding steroid dienone is 3. The largest absolute Gasteiger partial charge is 0.508 e. The van der Waals surface area contributed by atoms with E-state index in [1.165, 1.54) is 28.7 Å². The van der Waals surface area contributed by atoms with Gasteiger partial charge in [0.2, 0.25) is 0 Å². The zero-order valence-corrected chi connectivity index (χ0v) is 21.9. The second-order valence-corrected chi connectivity index (χ2v) is 9.98. The van der Waals surface area contributed by atoms with Gasteiger partial charge in [-0.15, -0.1) is 0 Å². The summed E-state index contributed by atoms with van der Waals surface area (Å²) in [7, 11) is 1.77. The summed E-state index contributed by atoms with van der Waals surface area (Å²) in [6.45, 7) is 8.64. The minimum atomic E-state index is -0.340. The van der Waals surface area contributed by atoms with Gasteiger partial charge in [-0.3, -0.25) is 4.79 Å². The molecule has 0 bridgehead atoms. The number of benzene rings is 2. The molecule has 0 radical (unpaired) electrons. The molecule has 0 aliphatic carbocycles. The number of rotatable bonds is 10. The molecule has 0 spiro atoms. The van der Waals surface area contributed by atoms with Crippen molar-refractivity contribution in [2.75, 3.05) is 23.9 Å². The van der Waals surface area contributed by atoms with Crippen molar-refractivity contribution in [3.63, 3.8) is 0 Å². The Kier molecular flexibility index (Phi) is 8.69. The van der Waals surface area contributed by atoms with Gasteiger partial charge in [-0.2, -0.15) is 0 Å². The maximum atomic E-state index is 13.5. The van der Waals surface area contributed by atoms with Gasteiger partial charge in [-0.25, -0.2) is 0 Å². The highest BCUT2D eigenvalue weighted by molar-refractivity contribution is 6.15. The highest BCUT2D eigenvalue weighted by Crippen LogP contribution is 2.45. The number of fused-ring (bicyclic) bond motifs is 2. The number of anilines is 3. The normalized spacial score (nSPS) is 14.9. The Balaban J connectivity index is 1.77. The monoisotopic (exact) mass is 494 g/mol. The van der Waals surface area contributed by atoms with Crippen LogP contribution in [0.5, 0.6) is 17.2 Å². The first-order valence-electron chi connectivity index (χ1n) is 12.4. The van der Waals surface area contributed by atoms with E-state index < -0.39 is 0 Å². The van der Waals surface area contributed by atoms with Gasteiger partial charge >= 0.3 is 0 Å². The summed E-state index contributed by atoms with van der Waals surface area (Å²) in [4.78, 5) is 15.0. The van der Waals surface area contributed by atoms with Gasteiger partial charge < -0.3 is 30.3 Å². The van der Waals surface area contributed by atoms with Gasteiger partial charge in [0.05, 0.1) is 22.5 Å². The van der Waals surface area contributed by atoms with Gasteiger partial charge in [-0.05, 0) is 71.9 Å². The lowest BCUT2D eigenvalue weighted by atomic mass is 9.92. The Morgan fingerprint density at radius 1 is 1.06 bits per heavy atom. The van der Waals surface area contributed by atoms with Crippen LogP contribution in [0, 0.1) is 0 Å². The van der Waals surface area contributed by atoms with Crippen molar-refractivity contribution in [2.45, 2.75) is 65.4 Å². The van der Waals surface area contributed by atoms with Gasteiger partial charge in [-0.1, -0.05) is 29.4 Å². The van der Waals surface area contributed by atoms with Gasteiger partial charge in [0, 0.05) is 25.8 Å². The predicted octanol–water partition coefficient (Wildman–Crippen LogP) is 6.78. The summed E-state index contributed by atoms with van der Waals surface area (Å²) >= 11 is 0. The third kappa shape index (κ3) is 6.40. The molecule has 0 saturated carbocycles. The molecule has 1 aliphatic heterocycles. The first-order valence-corrected chi connectivity index (χ1v) is 12.4. The van der Waals surface area contributed by atoms with E-state index in [4.69, 9.17) is 4.74 Å². The average molecular weight is 495 g/mol. The number of amides is 1. The fourth-order valence-corrected chi connectivity index (χ4v) is 4.43. The number of phenolic OH excluding ortho intramolecular Hbond substituents is 3. The zero-order valence-electron chi connectivity index (χ0n) is 21.9. The molecule has 3 rings (SSSR count). The molecule has 7 nitrogen and oxygen atoms in total. The van der Waals surface area contributed by atoms with Crippen LogP contribution in [0.3, 0.4) is 0 Å². The van der Waals surface area contributed by atoms with Crippen molar-refractivity contribution in [3.8, 4) is 17.2 Å². The van der Waals surface area contributed by atoms with Crippen LogP contribution < -0.4 is 10.2 Å². The van der Waals surface area contributed by atoms with Crippen molar-refractivity contribution >= 4 is 23.0 Å². The third-order valence-electron chi connectivity index (χ3n) is 6.76. The van der Waals surface area contributed by atoms with Crippen molar-refractivity contribution in [1.82, 2.24) is 0 Å². The molecule has 1 amide bonds. The summed E-state index contributed by atoms with van der Waals surface area (Å²) in [5.74, 6) is -0.814. The maximum absolute atomic E-state index is 13.5. The number of ether oxygens (including phenoxy) is 1. The smallest absolute Gasteiger partial charge is 0.260 e. The number of phenols is 3. The molecule has 7 heteroatoms. The standard InChI is InChI=1S/C29H38N2O5/c1-19(2)9-7-14-29(4,36-5)15-8-10-20(3)13-16-31-23-17-21(32)18-25(34)27(23)30-26-22(28(31)35)11-6-12-24(26)33/h6,9,11-13,17-18,30,32-34H,7-8,10,14-16H2,1-5H3/b20-13+. The van der Waals surface area contributed by atoms with Gasteiger partial charge in [0.25, 0.3) is 5.91 Å². The van der Waals surface area contributed by atoms with Crippen LogP contribution in [-0.2, 0) is 4.74 Å². The van der Waals surface area contributed by atoms with E-state index in [9.17, 15) is 20.1 Å². The second kappa shape index (κ2) is 11.5. The van der Waals surface area contributed by atoms with E-state index in [-0.39, 0.29) is 52.2 Å². The van der Waals surface area contributed by atoms with E-state index in [2.05, 4.69) is 32.2 Å². The minimum absolute atomic E-state index is 0.0985. The van der Waals surface area contributed by atoms with E-state index in [0.29, 0.717) is 5.69 Å². The quantitative estimate of drug-likeness (QED) is 0.165. The molecule has 36 heavy (non-hydrogen) atoms. The SMILES string of the molecule is COC(C)(CCC=C(C)C)CCC/C(C)=C/CN1C(=O)c2cccc(O)c2Nc2c(O)cc(O)cc21. The second-order valence-electron chi connectivity index (χ2n) is 9.98. The maximum Gasteiger partial charge on any atom is 0.260 e. The summed E-state index contributed by atoms with van der Waals surface area (Å²) in [5, 5.41) is 33.9. The van der Waals surface area contributed by atoms with Gasteiger partial charge in [0.15, 0.2) is 0 Å². The minimum Gasteiger partial charge on any atom is -0.508 e. The topological polar surface area (TPSA) is 102 Å². The molecular weight excluding hydrogens is 456 g/mol. The Morgan fingerprint density at radius 3 is 2.50 bits per heavy atom. The number of nitrogens with zero attached hydrogens (tertiary/aromatic N) is 1. The fraction of sp³-hybridized carbons (Fsp3) is 0.414. The number of carbonyl (C=O) groups excluding carboxylic acids is 1. The lowest BCUT2D eigenvalue weighted by molar-refractivity contribution is -0.00881. The van der Waals surface area contributed by atoms with Crippen molar-refractivity contribution in [3.05, 3.63) is 59.2 Å². The van der Waals surface area contributed by atoms with Crippen LogP contribution in [0.15, 0.2) is 53.6 Å². The van der Waals surface area contributed by atoms with Gasteiger partial charge in [0.1, 0.15) is 22.9 Å². The zero-order chi connectivity index (χ0) is 26.5.